The monoisotopic (exact) mass is 470 g/mol. The molecule has 1 atom stereocenters. The number of sulfonamides is 1. The van der Waals surface area contributed by atoms with Crippen LogP contribution in [0.3, 0.4) is 0 Å². The fourth-order valence-electron chi connectivity index (χ4n) is 3.55. The van der Waals surface area contributed by atoms with Crippen molar-refractivity contribution in [2.75, 3.05) is 50.9 Å². The summed E-state index contributed by atoms with van der Waals surface area (Å²) in [5.41, 5.74) is 0. The lowest BCUT2D eigenvalue weighted by Gasteiger charge is -2.30. The van der Waals surface area contributed by atoms with Crippen molar-refractivity contribution in [1.82, 2.24) is 9.21 Å². The lowest BCUT2D eigenvalue weighted by Crippen LogP contribution is -2.43. The molecule has 0 amide bonds. The van der Waals surface area contributed by atoms with E-state index in [1.165, 1.54) is 22.5 Å². The van der Waals surface area contributed by atoms with E-state index in [0.29, 0.717) is 26.1 Å². The Balaban J connectivity index is 1.79. The molecule has 28 heavy (non-hydrogen) atoms. The van der Waals surface area contributed by atoms with Gasteiger partial charge in [-0.1, -0.05) is 23.2 Å². The quantitative estimate of drug-likeness (QED) is 0.604. The summed E-state index contributed by atoms with van der Waals surface area (Å²) in [6.45, 7) is 3.96. The largest absolute Gasteiger partial charge is 0.379 e. The Kier molecular flexibility index (Phi) is 7.28. The van der Waals surface area contributed by atoms with Crippen LogP contribution in [0.15, 0.2) is 23.1 Å². The smallest absolute Gasteiger partial charge is 0.243 e. The second-order valence-corrected chi connectivity index (χ2v) is 12.0. The van der Waals surface area contributed by atoms with E-state index < -0.39 is 25.9 Å². The number of hydrogen-bond acceptors (Lipinski definition) is 6. The molecule has 0 unspecified atom stereocenters. The molecule has 2 aliphatic heterocycles. The Bertz CT molecular complexity index is 902. The molecule has 158 valence electrons. The molecular formula is C17H24Cl2N2O5S2. The van der Waals surface area contributed by atoms with Gasteiger partial charge in [0.15, 0.2) is 9.84 Å². The molecule has 3 rings (SSSR count). The van der Waals surface area contributed by atoms with E-state index >= 15 is 0 Å². The van der Waals surface area contributed by atoms with Crippen LogP contribution in [0.1, 0.15) is 12.8 Å². The van der Waals surface area contributed by atoms with Crippen LogP contribution in [0.25, 0.3) is 0 Å². The van der Waals surface area contributed by atoms with Gasteiger partial charge in [0.2, 0.25) is 10.0 Å². The van der Waals surface area contributed by atoms with Crippen LogP contribution in [0, 0.1) is 0 Å². The molecule has 1 aromatic carbocycles. The summed E-state index contributed by atoms with van der Waals surface area (Å²) in [6.07, 6.45) is 0.914. The molecule has 0 N–H and O–H groups in total. The molecule has 2 fully saturated rings. The first-order chi connectivity index (χ1) is 13.2. The maximum Gasteiger partial charge on any atom is 0.243 e. The topological polar surface area (TPSA) is 84.0 Å². The van der Waals surface area contributed by atoms with Gasteiger partial charge in [-0.05, 0) is 37.6 Å². The predicted molar refractivity (Wildman–Crippen MR) is 109 cm³/mol. The van der Waals surface area contributed by atoms with Gasteiger partial charge in [-0.25, -0.2) is 16.8 Å². The first-order valence-corrected chi connectivity index (χ1v) is 13.2. The third-order valence-corrected chi connectivity index (χ3v) is 9.51. The van der Waals surface area contributed by atoms with Crippen molar-refractivity contribution in [2.24, 2.45) is 0 Å². The molecule has 11 heteroatoms. The van der Waals surface area contributed by atoms with Crippen LogP contribution in [0.4, 0.5) is 0 Å². The van der Waals surface area contributed by atoms with Crippen molar-refractivity contribution in [3.8, 4) is 0 Å². The highest BCUT2D eigenvalue weighted by atomic mass is 35.5. The van der Waals surface area contributed by atoms with E-state index in [4.69, 9.17) is 27.9 Å². The average molecular weight is 471 g/mol. The van der Waals surface area contributed by atoms with Crippen LogP contribution in [-0.4, -0.2) is 83.0 Å². The Morgan fingerprint density at radius 2 is 1.89 bits per heavy atom. The van der Waals surface area contributed by atoms with Crippen molar-refractivity contribution in [3.63, 3.8) is 0 Å². The number of hydrogen-bond donors (Lipinski definition) is 0. The predicted octanol–water partition coefficient (Wildman–Crippen LogP) is 1.89. The number of sulfone groups is 1. The fourth-order valence-corrected chi connectivity index (χ4v) is 7.46. The first-order valence-electron chi connectivity index (χ1n) is 9.16. The molecule has 0 aromatic heterocycles. The zero-order chi connectivity index (χ0) is 20.4. The van der Waals surface area contributed by atoms with Gasteiger partial charge in [-0.2, -0.15) is 4.31 Å². The van der Waals surface area contributed by atoms with E-state index in [1.807, 2.05) is 0 Å². The Morgan fingerprint density at radius 3 is 2.50 bits per heavy atom. The normalized spacial score (nSPS) is 23.3. The van der Waals surface area contributed by atoms with Crippen LogP contribution in [0.2, 0.25) is 10.0 Å². The molecule has 7 nitrogen and oxygen atoms in total. The molecule has 0 spiro atoms. The average Bonchev–Trinajstić information content (AvgIpc) is 3.01. The van der Waals surface area contributed by atoms with E-state index in [2.05, 4.69) is 4.90 Å². The molecule has 0 aliphatic carbocycles. The standard InChI is InChI=1S/C17H24Cl2N2O5S2/c18-16-3-2-15(12-17(16)19)28(24,25)21(14-4-11-27(22,23)13-14)6-1-5-20-7-9-26-10-8-20/h2-3,12,14H,1,4-11,13H2/t14-/m0/s1. The summed E-state index contributed by atoms with van der Waals surface area (Å²) >= 11 is 11.9. The van der Waals surface area contributed by atoms with Crippen molar-refractivity contribution >= 4 is 43.1 Å². The third kappa shape index (κ3) is 5.38. The minimum atomic E-state index is -3.89. The number of nitrogens with zero attached hydrogens (tertiary/aromatic N) is 2. The van der Waals surface area contributed by atoms with Gasteiger partial charge in [0.05, 0.1) is 39.7 Å². The van der Waals surface area contributed by atoms with Gasteiger partial charge in [-0.3, -0.25) is 4.90 Å². The third-order valence-electron chi connectivity index (χ3n) is 5.07. The van der Waals surface area contributed by atoms with Crippen molar-refractivity contribution in [3.05, 3.63) is 28.2 Å². The highest BCUT2D eigenvalue weighted by Crippen LogP contribution is 2.29. The molecule has 2 heterocycles. The lowest BCUT2D eigenvalue weighted by molar-refractivity contribution is 0.0367. The van der Waals surface area contributed by atoms with Crippen molar-refractivity contribution in [1.29, 1.82) is 0 Å². The summed E-state index contributed by atoms with van der Waals surface area (Å²) in [6, 6.07) is 3.60. The van der Waals surface area contributed by atoms with E-state index in [9.17, 15) is 16.8 Å². The lowest BCUT2D eigenvalue weighted by atomic mass is 10.2. The number of benzene rings is 1. The number of ether oxygens (including phenoxy) is 1. The van der Waals surface area contributed by atoms with Crippen LogP contribution in [0.5, 0.6) is 0 Å². The molecule has 0 radical (unpaired) electrons. The summed E-state index contributed by atoms with van der Waals surface area (Å²) in [7, 11) is -7.12. The van der Waals surface area contributed by atoms with Gasteiger partial charge in [0, 0.05) is 25.7 Å². The second-order valence-electron chi connectivity index (χ2n) is 7.06. The van der Waals surface area contributed by atoms with Gasteiger partial charge >= 0.3 is 0 Å². The molecule has 2 saturated heterocycles. The molecule has 0 bridgehead atoms. The van der Waals surface area contributed by atoms with Crippen molar-refractivity contribution < 1.29 is 21.6 Å². The molecular weight excluding hydrogens is 447 g/mol. The van der Waals surface area contributed by atoms with Gasteiger partial charge in [-0.15, -0.1) is 0 Å². The van der Waals surface area contributed by atoms with Crippen LogP contribution >= 0.6 is 23.2 Å². The fraction of sp³-hybridized carbons (Fsp3) is 0.647. The number of halogens is 2. The summed E-state index contributed by atoms with van der Waals surface area (Å²) in [4.78, 5) is 2.25. The van der Waals surface area contributed by atoms with Crippen LogP contribution in [-0.2, 0) is 24.6 Å². The maximum atomic E-state index is 13.3. The highest BCUT2D eigenvalue weighted by Gasteiger charge is 2.38. The second kappa shape index (κ2) is 9.16. The van der Waals surface area contributed by atoms with E-state index in [-0.39, 0.29) is 33.0 Å². The van der Waals surface area contributed by atoms with E-state index in [0.717, 1.165) is 19.6 Å². The van der Waals surface area contributed by atoms with Gasteiger partial charge in [0.25, 0.3) is 0 Å². The van der Waals surface area contributed by atoms with Gasteiger partial charge < -0.3 is 4.74 Å². The SMILES string of the molecule is O=S1(=O)CC[C@H](N(CCCN2CCOCC2)S(=O)(=O)c2ccc(Cl)c(Cl)c2)C1. The Morgan fingerprint density at radius 1 is 1.18 bits per heavy atom. The first kappa shape index (κ1) is 22.3. The van der Waals surface area contributed by atoms with Crippen LogP contribution < -0.4 is 0 Å². The number of morpholine rings is 1. The molecule has 1 aromatic rings. The minimum Gasteiger partial charge on any atom is -0.379 e. The summed E-state index contributed by atoms with van der Waals surface area (Å²) in [5.74, 6) is -0.139. The highest BCUT2D eigenvalue weighted by molar-refractivity contribution is 7.92. The molecule has 0 saturated carbocycles. The Labute approximate surface area is 176 Å². The van der Waals surface area contributed by atoms with Gasteiger partial charge in [0.1, 0.15) is 0 Å². The number of rotatable bonds is 7. The summed E-state index contributed by atoms with van der Waals surface area (Å²) < 4.78 is 57.1. The Hall–Kier alpha value is -0.420. The molecule has 2 aliphatic rings. The summed E-state index contributed by atoms with van der Waals surface area (Å²) in [5, 5.41) is 0.415. The van der Waals surface area contributed by atoms with Crippen molar-refractivity contribution in [2.45, 2.75) is 23.8 Å². The van der Waals surface area contributed by atoms with E-state index in [1.54, 1.807) is 0 Å². The zero-order valence-electron chi connectivity index (χ0n) is 15.4. The zero-order valence-corrected chi connectivity index (χ0v) is 18.5. The minimum absolute atomic E-state index is 0.00846. The maximum absolute atomic E-state index is 13.3.